The Balaban J connectivity index is 2.12. The number of hydrogen-bond acceptors (Lipinski definition) is 3. The second kappa shape index (κ2) is 6.44. The maximum absolute atomic E-state index is 5.90. The normalized spacial score (nSPS) is 12.5. The van der Waals surface area contributed by atoms with Gasteiger partial charge in [-0.05, 0) is 41.5 Å². The van der Waals surface area contributed by atoms with E-state index in [1.165, 1.54) is 16.7 Å². The topological polar surface area (TPSA) is 65.4 Å². The van der Waals surface area contributed by atoms with E-state index in [0.29, 0.717) is 12.4 Å². The summed E-state index contributed by atoms with van der Waals surface area (Å²) in [7, 11) is 1.83. The number of aromatic nitrogens is 2. The van der Waals surface area contributed by atoms with Gasteiger partial charge in [0, 0.05) is 13.2 Å². The van der Waals surface area contributed by atoms with E-state index in [4.69, 9.17) is 10.6 Å². The van der Waals surface area contributed by atoms with E-state index >= 15 is 0 Å². The number of aryl methyl sites for hydroxylation is 3. The zero-order chi connectivity index (χ0) is 17.2. The number of benzene rings is 1. The molecule has 0 saturated carbocycles. The fourth-order valence-electron chi connectivity index (χ4n) is 2.43. The first-order valence-corrected chi connectivity index (χ1v) is 7.73. The number of nitrogens with zero attached hydrogens (tertiary/aromatic N) is 3. The molecule has 0 radical (unpaired) electrons. The van der Waals surface area contributed by atoms with E-state index < -0.39 is 0 Å². The summed E-state index contributed by atoms with van der Waals surface area (Å²) in [5.74, 6) is 0.333. The van der Waals surface area contributed by atoms with Crippen molar-refractivity contribution >= 4 is 5.84 Å². The minimum atomic E-state index is 0.137. The van der Waals surface area contributed by atoms with Crippen LogP contribution < -0.4 is 5.73 Å². The van der Waals surface area contributed by atoms with Gasteiger partial charge in [0.15, 0.2) is 5.84 Å². The predicted molar refractivity (Wildman–Crippen MR) is 93.3 cm³/mol. The second-order valence-corrected chi connectivity index (χ2v) is 6.99. The summed E-state index contributed by atoms with van der Waals surface area (Å²) in [6, 6.07) is 4.44. The molecule has 0 amide bonds. The Morgan fingerprint density at radius 2 is 1.87 bits per heavy atom. The van der Waals surface area contributed by atoms with Gasteiger partial charge in [0.25, 0.3) is 0 Å². The molecule has 1 heterocycles. The Kier molecular flexibility index (Phi) is 4.78. The number of hydrogen-bond donors (Lipinski definition) is 1. The number of rotatable bonds is 4. The van der Waals surface area contributed by atoms with Crippen molar-refractivity contribution in [2.24, 2.45) is 17.9 Å². The van der Waals surface area contributed by atoms with Crippen LogP contribution in [0.15, 0.2) is 29.7 Å². The first-order chi connectivity index (χ1) is 10.7. The van der Waals surface area contributed by atoms with Crippen LogP contribution in [0.5, 0.6) is 0 Å². The van der Waals surface area contributed by atoms with Crippen LogP contribution in [-0.2, 0) is 23.9 Å². The molecule has 0 fully saturated rings. The third-order valence-corrected chi connectivity index (χ3v) is 3.93. The molecular formula is C18H26N4O. The largest absolute Gasteiger partial charge is 0.389 e. The lowest BCUT2D eigenvalue weighted by atomic mass is 9.84. The standard InChI is InChI=1S/C18H26N4O/c1-12-7-15(18(3,4)5)8-13(2)16(12)11-23-21-17(19)14-9-20-22(6)10-14/h7-10H,11H2,1-6H3,(H2,19,21). The first-order valence-electron chi connectivity index (χ1n) is 7.73. The Morgan fingerprint density at radius 1 is 1.26 bits per heavy atom. The summed E-state index contributed by atoms with van der Waals surface area (Å²) < 4.78 is 1.68. The Morgan fingerprint density at radius 3 is 2.35 bits per heavy atom. The summed E-state index contributed by atoms with van der Waals surface area (Å²) in [4.78, 5) is 5.46. The first kappa shape index (κ1) is 17.1. The zero-order valence-electron chi connectivity index (χ0n) is 14.8. The third-order valence-electron chi connectivity index (χ3n) is 3.93. The van der Waals surface area contributed by atoms with E-state index in [2.05, 4.69) is 57.0 Å². The maximum Gasteiger partial charge on any atom is 0.173 e. The molecule has 0 unspecified atom stereocenters. The van der Waals surface area contributed by atoms with Crippen molar-refractivity contribution in [1.29, 1.82) is 0 Å². The van der Waals surface area contributed by atoms with Crippen molar-refractivity contribution in [3.63, 3.8) is 0 Å². The van der Waals surface area contributed by atoms with E-state index in [1.54, 1.807) is 17.1 Å². The van der Waals surface area contributed by atoms with Crippen molar-refractivity contribution in [1.82, 2.24) is 9.78 Å². The Hall–Kier alpha value is -2.30. The smallest absolute Gasteiger partial charge is 0.173 e. The third kappa shape index (κ3) is 4.12. The van der Waals surface area contributed by atoms with Crippen LogP contribution in [-0.4, -0.2) is 15.6 Å². The molecule has 0 bridgehead atoms. The molecule has 2 rings (SSSR count). The van der Waals surface area contributed by atoms with Gasteiger partial charge in [0.1, 0.15) is 6.61 Å². The fourth-order valence-corrected chi connectivity index (χ4v) is 2.43. The summed E-state index contributed by atoms with van der Waals surface area (Å²) >= 11 is 0. The van der Waals surface area contributed by atoms with Gasteiger partial charge in [-0.2, -0.15) is 5.10 Å². The molecule has 2 aromatic rings. The van der Waals surface area contributed by atoms with Crippen molar-refractivity contribution in [2.75, 3.05) is 0 Å². The zero-order valence-corrected chi connectivity index (χ0v) is 14.8. The number of oxime groups is 1. The molecule has 124 valence electrons. The fraction of sp³-hybridized carbons (Fsp3) is 0.444. The summed E-state index contributed by atoms with van der Waals surface area (Å²) in [6.07, 6.45) is 3.47. The van der Waals surface area contributed by atoms with Crippen molar-refractivity contribution in [3.8, 4) is 0 Å². The van der Waals surface area contributed by atoms with Crippen LogP contribution in [0.1, 0.15) is 48.6 Å². The van der Waals surface area contributed by atoms with Crippen molar-refractivity contribution in [2.45, 2.75) is 46.6 Å². The van der Waals surface area contributed by atoms with Gasteiger partial charge in [-0.3, -0.25) is 4.68 Å². The molecule has 0 atom stereocenters. The number of nitrogens with two attached hydrogens (primary N) is 1. The lowest BCUT2D eigenvalue weighted by molar-refractivity contribution is 0.129. The van der Waals surface area contributed by atoms with Crippen LogP contribution in [0, 0.1) is 13.8 Å². The SMILES string of the molecule is Cc1cc(C(C)(C)C)cc(C)c1CO/N=C(\N)c1cnn(C)c1. The molecule has 23 heavy (non-hydrogen) atoms. The highest BCUT2D eigenvalue weighted by Gasteiger charge is 2.16. The molecule has 1 aromatic heterocycles. The van der Waals surface area contributed by atoms with Crippen molar-refractivity contribution in [3.05, 3.63) is 52.3 Å². The molecule has 0 saturated heterocycles. The lowest BCUT2D eigenvalue weighted by Crippen LogP contribution is -2.14. The molecule has 5 nitrogen and oxygen atoms in total. The van der Waals surface area contributed by atoms with Gasteiger partial charge >= 0.3 is 0 Å². The van der Waals surface area contributed by atoms with Gasteiger partial charge in [0.05, 0.1) is 11.8 Å². The Bertz CT molecular complexity index is 700. The van der Waals surface area contributed by atoms with Gasteiger partial charge < -0.3 is 10.6 Å². The molecular weight excluding hydrogens is 288 g/mol. The quantitative estimate of drug-likeness (QED) is 0.535. The van der Waals surface area contributed by atoms with E-state index in [0.717, 1.165) is 11.1 Å². The van der Waals surface area contributed by atoms with Gasteiger partial charge in [0.2, 0.25) is 0 Å². The van der Waals surface area contributed by atoms with E-state index in [9.17, 15) is 0 Å². The molecule has 5 heteroatoms. The molecule has 2 N–H and O–H groups in total. The van der Waals surface area contributed by atoms with Gasteiger partial charge in [-0.25, -0.2) is 0 Å². The highest BCUT2D eigenvalue weighted by atomic mass is 16.6. The van der Waals surface area contributed by atoms with Gasteiger partial charge in [-0.1, -0.05) is 38.1 Å². The minimum Gasteiger partial charge on any atom is -0.389 e. The number of amidine groups is 1. The summed E-state index contributed by atoms with van der Waals surface area (Å²) in [6.45, 7) is 11.3. The van der Waals surface area contributed by atoms with E-state index in [1.807, 2.05) is 7.05 Å². The average Bonchev–Trinajstić information content (AvgIpc) is 2.87. The molecule has 0 aliphatic rings. The van der Waals surface area contributed by atoms with Gasteiger partial charge in [-0.15, -0.1) is 0 Å². The maximum atomic E-state index is 5.90. The molecule has 0 aliphatic carbocycles. The summed E-state index contributed by atoms with van der Waals surface area (Å²) in [5.41, 5.74) is 11.7. The minimum absolute atomic E-state index is 0.137. The highest BCUT2D eigenvalue weighted by Crippen LogP contribution is 2.27. The van der Waals surface area contributed by atoms with Crippen LogP contribution in [0.4, 0.5) is 0 Å². The van der Waals surface area contributed by atoms with E-state index in [-0.39, 0.29) is 5.41 Å². The highest BCUT2D eigenvalue weighted by molar-refractivity contribution is 5.96. The monoisotopic (exact) mass is 314 g/mol. The second-order valence-electron chi connectivity index (χ2n) is 6.99. The molecule has 0 aliphatic heterocycles. The van der Waals surface area contributed by atoms with Crippen molar-refractivity contribution < 1.29 is 4.84 Å². The average molecular weight is 314 g/mol. The summed E-state index contributed by atoms with van der Waals surface area (Å²) in [5, 5.41) is 8.06. The Labute approximate surface area is 138 Å². The molecule has 1 aromatic carbocycles. The van der Waals surface area contributed by atoms with Crippen LogP contribution in [0.2, 0.25) is 0 Å². The van der Waals surface area contributed by atoms with Crippen LogP contribution in [0.25, 0.3) is 0 Å². The lowest BCUT2D eigenvalue weighted by Gasteiger charge is -2.22. The van der Waals surface area contributed by atoms with Crippen LogP contribution in [0.3, 0.4) is 0 Å². The predicted octanol–water partition coefficient (Wildman–Crippen LogP) is 3.17. The molecule has 0 spiro atoms. The van der Waals surface area contributed by atoms with Crippen LogP contribution >= 0.6 is 0 Å².